The summed E-state index contributed by atoms with van der Waals surface area (Å²) in [6.45, 7) is 2.28. The summed E-state index contributed by atoms with van der Waals surface area (Å²) in [7, 11) is 0. The van der Waals surface area contributed by atoms with Crippen molar-refractivity contribution in [3.05, 3.63) is 12.2 Å². The van der Waals surface area contributed by atoms with Gasteiger partial charge in [-0.1, -0.05) is 44.8 Å². The fourth-order valence-electron chi connectivity index (χ4n) is 2.61. The third kappa shape index (κ3) is 5.94. The van der Waals surface area contributed by atoms with Crippen LogP contribution in [0.5, 0.6) is 0 Å². The zero-order valence-corrected chi connectivity index (χ0v) is 11.5. The molecule has 0 amide bonds. The maximum atomic E-state index is 5.78. The van der Waals surface area contributed by atoms with Gasteiger partial charge in [0, 0.05) is 5.88 Å². The van der Waals surface area contributed by atoms with Crippen LogP contribution in [0.15, 0.2) is 12.2 Å². The van der Waals surface area contributed by atoms with Gasteiger partial charge in [0.25, 0.3) is 0 Å². The molecule has 0 radical (unpaired) electrons. The molecule has 1 rings (SSSR count). The van der Waals surface area contributed by atoms with Crippen molar-refractivity contribution in [2.75, 3.05) is 5.88 Å². The first-order valence-electron chi connectivity index (χ1n) is 7.11. The van der Waals surface area contributed by atoms with Crippen LogP contribution in [0.25, 0.3) is 0 Å². The molecule has 1 saturated carbocycles. The summed E-state index contributed by atoms with van der Waals surface area (Å²) < 4.78 is 0. The number of hydrogen-bond donors (Lipinski definition) is 0. The summed E-state index contributed by atoms with van der Waals surface area (Å²) in [5.74, 6) is 2.50. The van der Waals surface area contributed by atoms with E-state index < -0.39 is 0 Å². The lowest BCUT2D eigenvalue weighted by Gasteiger charge is -2.12. The fraction of sp³-hybridized carbons (Fsp3) is 0.867. The van der Waals surface area contributed by atoms with Gasteiger partial charge in [-0.25, -0.2) is 0 Å². The zero-order valence-electron chi connectivity index (χ0n) is 10.8. The maximum Gasteiger partial charge on any atom is 0.0223 e. The highest BCUT2D eigenvalue weighted by Crippen LogP contribution is 2.27. The quantitative estimate of drug-likeness (QED) is 0.386. The van der Waals surface area contributed by atoms with Gasteiger partial charge in [-0.15, -0.1) is 11.6 Å². The summed E-state index contributed by atoms with van der Waals surface area (Å²) in [6.07, 6.45) is 17.2. The molecule has 0 N–H and O–H groups in total. The molecule has 1 aliphatic rings. The van der Waals surface area contributed by atoms with Crippen LogP contribution in [-0.2, 0) is 0 Å². The zero-order chi connectivity index (χ0) is 11.6. The molecular weight excluding hydrogens is 216 g/mol. The third-order valence-corrected chi connectivity index (χ3v) is 3.96. The highest BCUT2D eigenvalue weighted by atomic mass is 35.5. The topological polar surface area (TPSA) is 0 Å². The number of unbranched alkanes of at least 4 members (excludes halogenated alkanes) is 1. The van der Waals surface area contributed by atoms with Crippen LogP contribution in [-0.4, -0.2) is 5.88 Å². The van der Waals surface area contributed by atoms with Crippen molar-refractivity contribution >= 4 is 11.6 Å². The fourth-order valence-corrected chi connectivity index (χ4v) is 2.76. The van der Waals surface area contributed by atoms with Gasteiger partial charge in [0.05, 0.1) is 0 Å². The van der Waals surface area contributed by atoms with Crippen molar-refractivity contribution in [1.82, 2.24) is 0 Å². The van der Waals surface area contributed by atoms with Gasteiger partial charge in [0.15, 0.2) is 0 Å². The lowest BCUT2D eigenvalue weighted by atomic mass is 9.94. The van der Waals surface area contributed by atoms with E-state index in [2.05, 4.69) is 19.1 Å². The molecule has 0 heterocycles. The SMILES string of the molecule is CCCCC(C=CC1CCCC1)CCCCl. The van der Waals surface area contributed by atoms with Crippen molar-refractivity contribution in [3.63, 3.8) is 0 Å². The number of rotatable bonds is 8. The number of hydrogen-bond acceptors (Lipinski definition) is 0. The van der Waals surface area contributed by atoms with Gasteiger partial charge < -0.3 is 0 Å². The summed E-state index contributed by atoms with van der Waals surface area (Å²) >= 11 is 5.78. The second-order valence-corrected chi connectivity index (χ2v) is 5.54. The number of allylic oxidation sites excluding steroid dienone is 2. The Hall–Kier alpha value is 0.0300. The second kappa shape index (κ2) is 9.10. The molecular formula is C15H27Cl. The van der Waals surface area contributed by atoms with Crippen LogP contribution in [0.1, 0.15) is 64.7 Å². The van der Waals surface area contributed by atoms with Crippen LogP contribution in [0, 0.1) is 11.8 Å². The molecule has 0 bridgehead atoms. The minimum absolute atomic E-state index is 0.791. The molecule has 1 unspecified atom stereocenters. The van der Waals surface area contributed by atoms with E-state index in [1.807, 2.05) is 0 Å². The standard InChI is InChI=1S/C15H27Cl/c1-2-3-7-14(10-6-13-16)11-12-15-8-4-5-9-15/h11-12,14-15H,2-10,13H2,1H3. The highest BCUT2D eigenvalue weighted by Gasteiger charge is 2.12. The van der Waals surface area contributed by atoms with E-state index in [1.165, 1.54) is 57.8 Å². The van der Waals surface area contributed by atoms with Crippen LogP contribution in [0.2, 0.25) is 0 Å². The molecule has 1 aliphatic carbocycles. The predicted molar refractivity (Wildman–Crippen MR) is 74.1 cm³/mol. The molecule has 0 spiro atoms. The van der Waals surface area contributed by atoms with E-state index in [0.717, 1.165) is 17.7 Å². The Morgan fingerprint density at radius 1 is 1.19 bits per heavy atom. The van der Waals surface area contributed by atoms with E-state index in [9.17, 15) is 0 Å². The Morgan fingerprint density at radius 2 is 1.88 bits per heavy atom. The Kier molecular flexibility index (Phi) is 8.02. The lowest BCUT2D eigenvalue weighted by Crippen LogP contribution is -1.99. The minimum atomic E-state index is 0.791. The Morgan fingerprint density at radius 3 is 2.50 bits per heavy atom. The molecule has 1 fully saturated rings. The summed E-state index contributed by atoms with van der Waals surface area (Å²) in [6, 6.07) is 0. The van der Waals surface area contributed by atoms with Crippen LogP contribution < -0.4 is 0 Å². The lowest BCUT2D eigenvalue weighted by molar-refractivity contribution is 0.508. The molecule has 0 aromatic heterocycles. The molecule has 0 nitrogen and oxygen atoms in total. The van der Waals surface area contributed by atoms with Crippen molar-refractivity contribution in [3.8, 4) is 0 Å². The smallest absolute Gasteiger partial charge is 0.0223 e. The second-order valence-electron chi connectivity index (χ2n) is 5.16. The summed E-state index contributed by atoms with van der Waals surface area (Å²) in [5, 5.41) is 0. The average molecular weight is 243 g/mol. The van der Waals surface area contributed by atoms with Gasteiger partial charge in [-0.2, -0.15) is 0 Å². The van der Waals surface area contributed by atoms with E-state index in [1.54, 1.807) is 0 Å². The Labute approximate surface area is 106 Å². The summed E-state index contributed by atoms with van der Waals surface area (Å²) in [4.78, 5) is 0. The molecule has 0 aromatic rings. The van der Waals surface area contributed by atoms with Gasteiger partial charge in [-0.05, 0) is 43.9 Å². The van der Waals surface area contributed by atoms with E-state index in [-0.39, 0.29) is 0 Å². The number of alkyl halides is 1. The van der Waals surface area contributed by atoms with Crippen molar-refractivity contribution in [2.24, 2.45) is 11.8 Å². The molecule has 1 atom stereocenters. The highest BCUT2D eigenvalue weighted by molar-refractivity contribution is 6.17. The van der Waals surface area contributed by atoms with Crippen molar-refractivity contribution in [2.45, 2.75) is 64.7 Å². The van der Waals surface area contributed by atoms with Crippen molar-refractivity contribution in [1.29, 1.82) is 0 Å². The first kappa shape index (κ1) is 14.1. The normalized spacial score (nSPS) is 19.6. The maximum absolute atomic E-state index is 5.78. The van der Waals surface area contributed by atoms with Gasteiger partial charge in [0.1, 0.15) is 0 Å². The minimum Gasteiger partial charge on any atom is -0.127 e. The molecule has 0 saturated heterocycles. The Balaban J connectivity index is 2.28. The van der Waals surface area contributed by atoms with Gasteiger partial charge in [-0.3, -0.25) is 0 Å². The predicted octanol–water partition coefficient (Wildman–Crippen LogP) is 5.56. The van der Waals surface area contributed by atoms with Crippen LogP contribution >= 0.6 is 11.6 Å². The Bertz CT molecular complexity index is 172. The van der Waals surface area contributed by atoms with E-state index in [4.69, 9.17) is 11.6 Å². The van der Waals surface area contributed by atoms with Crippen molar-refractivity contribution < 1.29 is 0 Å². The molecule has 0 aromatic carbocycles. The van der Waals surface area contributed by atoms with Gasteiger partial charge >= 0.3 is 0 Å². The number of halogens is 1. The molecule has 1 heteroatoms. The van der Waals surface area contributed by atoms with Gasteiger partial charge in [0.2, 0.25) is 0 Å². The molecule has 16 heavy (non-hydrogen) atoms. The average Bonchev–Trinajstić information content (AvgIpc) is 2.81. The first-order chi connectivity index (χ1) is 7.86. The van der Waals surface area contributed by atoms with Crippen LogP contribution in [0.4, 0.5) is 0 Å². The first-order valence-corrected chi connectivity index (χ1v) is 7.64. The largest absolute Gasteiger partial charge is 0.127 e. The third-order valence-electron chi connectivity index (χ3n) is 3.69. The van der Waals surface area contributed by atoms with Crippen LogP contribution in [0.3, 0.4) is 0 Å². The monoisotopic (exact) mass is 242 g/mol. The molecule has 0 aliphatic heterocycles. The van der Waals surface area contributed by atoms with E-state index in [0.29, 0.717) is 0 Å². The van der Waals surface area contributed by atoms with E-state index >= 15 is 0 Å². The summed E-state index contributed by atoms with van der Waals surface area (Å²) in [5.41, 5.74) is 0. The molecule has 94 valence electrons.